The van der Waals surface area contributed by atoms with Gasteiger partial charge in [0, 0.05) is 11.6 Å². The highest BCUT2D eigenvalue weighted by Gasteiger charge is 2.44. The standard InChI is InChI=1S/C18H20ClN5O4/c1-9-10(3-2-4-11(9)19)5-20-16-13-17(22-7-21-16)24(8-23-13)18-15(27)14(26)12(6-25)28-18/h2-4,7-8,12,14-15,18,25-27H,5-6H2,1H3,(H,20,21,22)/t12-,14-,15-,18?/m1/s1. The molecule has 28 heavy (non-hydrogen) atoms. The minimum Gasteiger partial charge on any atom is -0.394 e. The van der Waals surface area contributed by atoms with E-state index in [9.17, 15) is 15.3 Å². The quantitative estimate of drug-likeness (QED) is 0.495. The summed E-state index contributed by atoms with van der Waals surface area (Å²) >= 11 is 6.17. The average Bonchev–Trinajstić information content (AvgIpc) is 3.25. The Labute approximate surface area is 165 Å². The maximum Gasteiger partial charge on any atom is 0.167 e. The molecule has 0 radical (unpaired) electrons. The van der Waals surface area contributed by atoms with Gasteiger partial charge in [-0.3, -0.25) is 4.57 Å². The Kier molecular flexibility index (Phi) is 5.17. The number of fused-ring (bicyclic) bond motifs is 1. The van der Waals surface area contributed by atoms with Crippen LogP contribution >= 0.6 is 11.6 Å². The number of hydrogen-bond donors (Lipinski definition) is 4. The fraction of sp³-hybridized carbons (Fsp3) is 0.389. The predicted octanol–water partition coefficient (Wildman–Crippen LogP) is 1.01. The molecule has 4 rings (SSSR count). The Bertz CT molecular complexity index is 997. The summed E-state index contributed by atoms with van der Waals surface area (Å²) in [5.74, 6) is 0.523. The van der Waals surface area contributed by atoms with E-state index < -0.39 is 31.1 Å². The molecular weight excluding hydrogens is 386 g/mol. The van der Waals surface area contributed by atoms with E-state index in [2.05, 4.69) is 20.3 Å². The lowest BCUT2D eigenvalue weighted by Crippen LogP contribution is -2.33. The molecule has 4 N–H and O–H groups in total. The Morgan fingerprint density at radius 3 is 2.79 bits per heavy atom. The van der Waals surface area contributed by atoms with E-state index in [1.165, 1.54) is 17.2 Å². The number of halogens is 1. The summed E-state index contributed by atoms with van der Waals surface area (Å²) in [6.07, 6.45) is -1.34. The van der Waals surface area contributed by atoms with Crippen molar-refractivity contribution < 1.29 is 20.1 Å². The van der Waals surface area contributed by atoms with E-state index in [1.54, 1.807) is 0 Å². The number of nitrogens with zero attached hydrogens (tertiary/aromatic N) is 4. The van der Waals surface area contributed by atoms with Gasteiger partial charge in [0.25, 0.3) is 0 Å². The van der Waals surface area contributed by atoms with Gasteiger partial charge in [-0.1, -0.05) is 23.7 Å². The first kappa shape index (κ1) is 19.0. The SMILES string of the molecule is Cc1c(Cl)cccc1CNc1ncnc2c1ncn2C1O[C@H](CO)[C@@H](O)[C@H]1O. The van der Waals surface area contributed by atoms with Crippen LogP contribution in [0, 0.1) is 6.92 Å². The molecule has 1 fully saturated rings. The summed E-state index contributed by atoms with van der Waals surface area (Å²) in [6.45, 7) is 2.05. The Morgan fingerprint density at radius 1 is 1.21 bits per heavy atom. The van der Waals surface area contributed by atoms with Gasteiger partial charge < -0.3 is 25.4 Å². The normalized spacial score (nSPS) is 24.8. The highest BCUT2D eigenvalue weighted by molar-refractivity contribution is 6.31. The van der Waals surface area contributed by atoms with Crippen LogP contribution in [0.4, 0.5) is 5.82 Å². The number of ether oxygens (including phenoxy) is 1. The van der Waals surface area contributed by atoms with Crippen LogP contribution in [0.1, 0.15) is 17.4 Å². The van der Waals surface area contributed by atoms with E-state index in [1.807, 2.05) is 25.1 Å². The monoisotopic (exact) mass is 405 g/mol. The number of aliphatic hydroxyl groups is 3. The average molecular weight is 406 g/mol. The van der Waals surface area contributed by atoms with Crippen molar-refractivity contribution in [2.45, 2.75) is 38.0 Å². The number of imidazole rings is 1. The third kappa shape index (κ3) is 3.21. The van der Waals surface area contributed by atoms with Crippen LogP contribution in [0.25, 0.3) is 11.2 Å². The molecule has 0 amide bonds. The molecule has 0 bridgehead atoms. The van der Waals surface area contributed by atoms with Crippen molar-refractivity contribution in [1.29, 1.82) is 0 Å². The largest absolute Gasteiger partial charge is 0.394 e. The topological polar surface area (TPSA) is 126 Å². The Hall–Kier alpha value is -2.30. The lowest BCUT2D eigenvalue weighted by molar-refractivity contribution is -0.0511. The van der Waals surface area contributed by atoms with Gasteiger partial charge in [0.05, 0.1) is 12.9 Å². The molecule has 10 heteroatoms. The van der Waals surface area contributed by atoms with Gasteiger partial charge >= 0.3 is 0 Å². The van der Waals surface area contributed by atoms with Crippen molar-refractivity contribution in [3.05, 3.63) is 47.0 Å². The molecule has 9 nitrogen and oxygen atoms in total. The third-order valence-corrected chi connectivity index (χ3v) is 5.39. The molecule has 1 saturated heterocycles. The fourth-order valence-corrected chi connectivity index (χ4v) is 3.49. The molecule has 2 aromatic heterocycles. The van der Waals surface area contributed by atoms with Gasteiger partial charge in [-0.05, 0) is 24.1 Å². The molecule has 0 saturated carbocycles. The molecule has 1 aliphatic rings. The number of hydrogen-bond acceptors (Lipinski definition) is 8. The van der Waals surface area contributed by atoms with Crippen LogP contribution in [0.3, 0.4) is 0 Å². The maximum absolute atomic E-state index is 10.3. The van der Waals surface area contributed by atoms with Crippen molar-refractivity contribution in [1.82, 2.24) is 19.5 Å². The van der Waals surface area contributed by atoms with Crippen molar-refractivity contribution >= 4 is 28.6 Å². The van der Waals surface area contributed by atoms with Crippen LogP contribution < -0.4 is 5.32 Å². The number of rotatable bonds is 5. The van der Waals surface area contributed by atoms with E-state index in [4.69, 9.17) is 16.3 Å². The lowest BCUT2D eigenvalue weighted by Gasteiger charge is -2.16. The smallest absolute Gasteiger partial charge is 0.167 e. The summed E-state index contributed by atoms with van der Waals surface area (Å²) in [4.78, 5) is 12.8. The Morgan fingerprint density at radius 2 is 2.04 bits per heavy atom. The minimum atomic E-state index is -1.21. The van der Waals surface area contributed by atoms with Gasteiger partial charge in [-0.15, -0.1) is 0 Å². The Balaban J connectivity index is 1.61. The summed E-state index contributed by atoms with van der Waals surface area (Å²) in [6, 6.07) is 5.70. The number of anilines is 1. The van der Waals surface area contributed by atoms with E-state index in [0.717, 1.165) is 11.1 Å². The molecule has 3 aromatic rings. The zero-order valence-corrected chi connectivity index (χ0v) is 15.8. The van der Waals surface area contributed by atoms with Crippen molar-refractivity contribution in [2.75, 3.05) is 11.9 Å². The van der Waals surface area contributed by atoms with Crippen LogP contribution in [-0.2, 0) is 11.3 Å². The molecule has 3 heterocycles. The second-order valence-corrected chi connectivity index (χ2v) is 7.06. The predicted molar refractivity (Wildman–Crippen MR) is 102 cm³/mol. The van der Waals surface area contributed by atoms with Gasteiger partial charge in [0.1, 0.15) is 24.6 Å². The zero-order chi connectivity index (χ0) is 19.8. The molecule has 4 atom stereocenters. The second kappa shape index (κ2) is 7.61. The van der Waals surface area contributed by atoms with E-state index in [-0.39, 0.29) is 0 Å². The van der Waals surface area contributed by atoms with Crippen LogP contribution in [0.2, 0.25) is 5.02 Å². The number of aliphatic hydroxyl groups excluding tert-OH is 3. The molecule has 148 valence electrons. The highest BCUT2D eigenvalue weighted by atomic mass is 35.5. The summed E-state index contributed by atoms with van der Waals surface area (Å²) in [5, 5.41) is 33.5. The molecule has 1 unspecified atom stereocenters. The van der Waals surface area contributed by atoms with Gasteiger partial charge in [0.2, 0.25) is 0 Å². The first-order valence-electron chi connectivity index (χ1n) is 8.79. The van der Waals surface area contributed by atoms with Crippen LogP contribution in [0.5, 0.6) is 0 Å². The molecule has 1 aromatic carbocycles. The second-order valence-electron chi connectivity index (χ2n) is 6.65. The maximum atomic E-state index is 10.3. The number of aromatic nitrogens is 4. The van der Waals surface area contributed by atoms with Gasteiger partial charge in [-0.2, -0.15) is 0 Å². The number of nitrogens with one attached hydrogen (secondary N) is 1. The summed E-state index contributed by atoms with van der Waals surface area (Å²) in [5.41, 5.74) is 2.95. The first-order valence-corrected chi connectivity index (χ1v) is 9.17. The number of benzene rings is 1. The molecule has 1 aliphatic heterocycles. The lowest BCUT2D eigenvalue weighted by atomic mass is 10.1. The van der Waals surface area contributed by atoms with Gasteiger partial charge in [0.15, 0.2) is 23.2 Å². The van der Waals surface area contributed by atoms with E-state index >= 15 is 0 Å². The third-order valence-electron chi connectivity index (χ3n) is 4.98. The summed E-state index contributed by atoms with van der Waals surface area (Å²) in [7, 11) is 0. The van der Waals surface area contributed by atoms with Crippen molar-refractivity contribution in [3.63, 3.8) is 0 Å². The molecule has 0 spiro atoms. The van der Waals surface area contributed by atoms with Crippen molar-refractivity contribution in [3.8, 4) is 0 Å². The fourth-order valence-electron chi connectivity index (χ4n) is 3.30. The van der Waals surface area contributed by atoms with Gasteiger partial charge in [-0.25, -0.2) is 15.0 Å². The molecule has 0 aliphatic carbocycles. The zero-order valence-electron chi connectivity index (χ0n) is 15.0. The molecular formula is C18H20ClN5O4. The minimum absolute atomic E-state index is 0.401. The van der Waals surface area contributed by atoms with Crippen LogP contribution in [0.15, 0.2) is 30.9 Å². The summed E-state index contributed by atoms with van der Waals surface area (Å²) < 4.78 is 7.09. The van der Waals surface area contributed by atoms with Crippen molar-refractivity contribution in [2.24, 2.45) is 0 Å². The first-order chi connectivity index (χ1) is 13.5. The van der Waals surface area contributed by atoms with E-state index in [0.29, 0.717) is 28.5 Å². The van der Waals surface area contributed by atoms with Crippen LogP contribution in [-0.4, -0.2) is 59.8 Å². The highest BCUT2D eigenvalue weighted by Crippen LogP contribution is 2.32.